The number of ether oxygens (including phenoxy) is 3. The van der Waals surface area contributed by atoms with E-state index in [1.54, 1.807) is 0 Å². The van der Waals surface area contributed by atoms with Gasteiger partial charge in [0, 0.05) is 0 Å². The number of rotatable bonds is 2. The van der Waals surface area contributed by atoms with Crippen molar-refractivity contribution in [3.8, 4) is 0 Å². The molecule has 2 fully saturated rings. The zero-order chi connectivity index (χ0) is 13.7. The lowest BCUT2D eigenvalue weighted by Crippen LogP contribution is -2.59. The van der Waals surface area contributed by atoms with Gasteiger partial charge in [-0.25, -0.2) is 0 Å². The molecule has 2 rings (SSSR count). The number of fused-ring (bicyclic) bond motifs is 1. The van der Waals surface area contributed by atoms with Crippen LogP contribution in [0.5, 0.6) is 0 Å². The molecule has 106 valence electrons. The molecule has 0 unspecified atom stereocenters. The summed E-state index contributed by atoms with van der Waals surface area (Å²) in [6.45, 7) is 9.31. The van der Waals surface area contributed by atoms with Gasteiger partial charge in [-0.1, -0.05) is 13.8 Å². The minimum absolute atomic E-state index is 0.0173. The van der Waals surface area contributed by atoms with Crippen LogP contribution in [-0.4, -0.2) is 52.6 Å². The number of hydrogen-bond donors (Lipinski definition) is 2. The summed E-state index contributed by atoms with van der Waals surface area (Å²) in [5.74, 6) is -0.699. The Hall–Kier alpha value is -0.200. The van der Waals surface area contributed by atoms with Crippen molar-refractivity contribution in [1.29, 1.82) is 0 Å². The standard InChI is InChI=1S/C13H24O5/c1-6(2)8(14)11-9(15)12-10(7(3)16-11)17-13(4,5)18-12/h6-12,14-15H,1-5H3/t7-,8+,9+,10+,11-,12-/m0/s1. The normalized spacial score (nSPS) is 45.0. The van der Waals surface area contributed by atoms with Crippen LogP contribution in [0, 0.1) is 5.92 Å². The Bertz CT molecular complexity index is 302. The predicted molar refractivity (Wildman–Crippen MR) is 65.0 cm³/mol. The lowest BCUT2D eigenvalue weighted by Gasteiger charge is -2.41. The molecule has 0 spiro atoms. The van der Waals surface area contributed by atoms with E-state index >= 15 is 0 Å². The lowest BCUT2D eigenvalue weighted by molar-refractivity contribution is -0.215. The quantitative estimate of drug-likeness (QED) is 0.764. The fraction of sp³-hybridized carbons (Fsp3) is 1.00. The summed E-state index contributed by atoms with van der Waals surface area (Å²) in [5.41, 5.74) is 0. The average Bonchev–Trinajstić information content (AvgIpc) is 2.59. The summed E-state index contributed by atoms with van der Waals surface area (Å²) in [5, 5.41) is 20.4. The van der Waals surface area contributed by atoms with E-state index in [1.807, 2.05) is 34.6 Å². The highest BCUT2D eigenvalue weighted by atomic mass is 16.8. The first-order chi connectivity index (χ1) is 8.23. The number of aliphatic hydroxyl groups is 2. The topological polar surface area (TPSA) is 68.2 Å². The van der Waals surface area contributed by atoms with Crippen LogP contribution < -0.4 is 0 Å². The first-order valence-corrected chi connectivity index (χ1v) is 6.60. The van der Waals surface area contributed by atoms with Crippen molar-refractivity contribution in [3.63, 3.8) is 0 Å². The lowest BCUT2D eigenvalue weighted by atomic mass is 9.89. The molecule has 5 heteroatoms. The van der Waals surface area contributed by atoms with Gasteiger partial charge in [0.15, 0.2) is 5.79 Å². The van der Waals surface area contributed by atoms with E-state index in [2.05, 4.69) is 0 Å². The zero-order valence-corrected chi connectivity index (χ0v) is 11.7. The smallest absolute Gasteiger partial charge is 0.164 e. The summed E-state index contributed by atoms with van der Waals surface area (Å²) < 4.78 is 17.2. The van der Waals surface area contributed by atoms with Gasteiger partial charge < -0.3 is 24.4 Å². The highest BCUT2D eigenvalue weighted by molar-refractivity contribution is 4.99. The second kappa shape index (κ2) is 4.72. The van der Waals surface area contributed by atoms with E-state index in [0.29, 0.717) is 0 Å². The van der Waals surface area contributed by atoms with E-state index in [-0.39, 0.29) is 18.1 Å². The summed E-state index contributed by atoms with van der Waals surface area (Å²) >= 11 is 0. The van der Waals surface area contributed by atoms with Crippen molar-refractivity contribution in [2.45, 2.75) is 77.0 Å². The minimum Gasteiger partial charge on any atom is -0.390 e. The fourth-order valence-electron chi connectivity index (χ4n) is 2.70. The van der Waals surface area contributed by atoms with E-state index in [0.717, 1.165) is 0 Å². The number of aliphatic hydroxyl groups excluding tert-OH is 2. The first kappa shape index (κ1) is 14.2. The maximum atomic E-state index is 10.3. The molecule has 6 atom stereocenters. The SMILES string of the molecule is CC(C)[C@@H](O)[C@@H]1O[C@@H](C)[C@H]2OC(C)(C)O[C@H]2[C@@H]1O. The van der Waals surface area contributed by atoms with Crippen LogP contribution in [0.25, 0.3) is 0 Å². The molecule has 2 N–H and O–H groups in total. The largest absolute Gasteiger partial charge is 0.390 e. The molecule has 5 nitrogen and oxygen atoms in total. The Morgan fingerprint density at radius 2 is 1.67 bits per heavy atom. The summed E-state index contributed by atoms with van der Waals surface area (Å²) in [6.07, 6.45) is -3.15. The summed E-state index contributed by atoms with van der Waals surface area (Å²) in [7, 11) is 0. The van der Waals surface area contributed by atoms with Crippen LogP contribution in [0.1, 0.15) is 34.6 Å². The third kappa shape index (κ3) is 2.42. The van der Waals surface area contributed by atoms with Crippen LogP contribution in [0.15, 0.2) is 0 Å². The molecule has 2 heterocycles. The Morgan fingerprint density at radius 3 is 2.22 bits per heavy atom. The van der Waals surface area contributed by atoms with E-state index in [9.17, 15) is 10.2 Å². The fourth-order valence-corrected chi connectivity index (χ4v) is 2.70. The second-order valence-electron chi connectivity index (χ2n) is 6.10. The monoisotopic (exact) mass is 260 g/mol. The van der Waals surface area contributed by atoms with Crippen LogP contribution >= 0.6 is 0 Å². The maximum absolute atomic E-state index is 10.3. The van der Waals surface area contributed by atoms with Gasteiger partial charge in [-0.15, -0.1) is 0 Å². The van der Waals surface area contributed by atoms with Gasteiger partial charge >= 0.3 is 0 Å². The molecule has 0 aliphatic carbocycles. The molecule has 0 saturated carbocycles. The van der Waals surface area contributed by atoms with Gasteiger partial charge in [0.05, 0.1) is 12.2 Å². The highest BCUT2D eigenvalue weighted by Crippen LogP contribution is 2.38. The molecule has 2 saturated heterocycles. The molecular formula is C13H24O5. The van der Waals surface area contributed by atoms with E-state index in [4.69, 9.17) is 14.2 Å². The van der Waals surface area contributed by atoms with Crippen molar-refractivity contribution in [3.05, 3.63) is 0 Å². The van der Waals surface area contributed by atoms with Crippen molar-refractivity contribution < 1.29 is 24.4 Å². The molecule has 2 aliphatic rings. The zero-order valence-electron chi connectivity index (χ0n) is 11.7. The molecular weight excluding hydrogens is 236 g/mol. The summed E-state index contributed by atoms with van der Waals surface area (Å²) in [4.78, 5) is 0. The maximum Gasteiger partial charge on any atom is 0.164 e. The van der Waals surface area contributed by atoms with Gasteiger partial charge in [-0.05, 0) is 26.7 Å². The highest BCUT2D eigenvalue weighted by Gasteiger charge is 2.54. The Labute approximate surface area is 108 Å². The van der Waals surface area contributed by atoms with Gasteiger partial charge in [0.1, 0.15) is 24.4 Å². The van der Waals surface area contributed by atoms with Crippen LogP contribution in [0.3, 0.4) is 0 Å². The van der Waals surface area contributed by atoms with Gasteiger partial charge in [0.2, 0.25) is 0 Å². The van der Waals surface area contributed by atoms with Crippen molar-refractivity contribution in [2.24, 2.45) is 5.92 Å². The Kier molecular flexibility index (Phi) is 3.73. The average molecular weight is 260 g/mol. The predicted octanol–water partition coefficient (Wildman–Crippen LogP) is 0.672. The Balaban J connectivity index is 2.16. The van der Waals surface area contributed by atoms with Crippen LogP contribution in [0.2, 0.25) is 0 Å². The second-order valence-corrected chi connectivity index (χ2v) is 6.10. The molecule has 0 aromatic heterocycles. The molecule has 0 aromatic rings. The minimum atomic E-state index is -0.870. The first-order valence-electron chi connectivity index (χ1n) is 6.60. The molecule has 0 radical (unpaired) electrons. The van der Waals surface area contributed by atoms with E-state index in [1.165, 1.54) is 0 Å². The molecule has 2 aliphatic heterocycles. The van der Waals surface area contributed by atoms with Crippen molar-refractivity contribution in [2.75, 3.05) is 0 Å². The number of hydrogen-bond acceptors (Lipinski definition) is 5. The van der Waals surface area contributed by atoms with E-state index < -0.39 is 30.2 Å². The third-order valence-corrected chi connectivity index (χ3v) is 3.69. The van der Waals surface area contributed by atoms with Crippen molar-refractivity contribution >= 4 is 0 Å². The Morgan fingerprint density at radius 1 is 1.11 bits per heavy atom. The molecule has 18 heavy (non-hydrogen) atoms. The van der Waals surface area contributed by atoms with Crippen LogP contribution in [0.4, 0.5) is 0 Å². The van der Waals surface area contributed by atoms with Gasteiger partial charge in [-0.3, -0.25) is 0 Å². The molecule has 0 bridgehead atoms. The molecule has 0 amide bonds. The van der Waals surface area contributed by atoms with Gasteiger partial charge in [0.25, 0.3) is 0 Å². The third-order valence-electron chi connectivity index (χ3n) is 3.69. The molecule has 0 aromatic carbocycles. The summed E-state index contributed by atoms with van der Waals surface area (Å²) in [6, 6.07) is 0. The van der Waals surface area contributed by atoms with Gasteiger partial charge in [-0.2, -0.15) is 0 Å². The van der Waals surface area contributed by atoms with Crippen molar-refractivity contribution in [1.82, 2.24) is 0 Å². The van der Waals surface area contributed by atoms with Crippen LogP contribution in [-0.2, 0) is 14.2 Å².